The predicted molar refractivity (Wildman–Crippen MR) is 79.3 cm³/mol. The molecule has 1 atom stereocenters. The van der Waals surface area contributed by atoms with Gasteiger partial charge in [0.15, 0.2) is 0 Å². The highest BCUT2D eigenvalue weighted by molar-refractivity contribution is 5.95. The molecule has 1 unspecified atom stereocenters. The van der Waals surface area contributed by atoms with Crippen LogP contribution in [0, 0.1) is 5.92 Å². The molecule has 0 radical (unpaired) electrons. The van der Waals surface area contributed by atoms with Crippen molar-refractivity contribution in [3.8, 4) is 0 Å². The highest BCUT2D eigenvalue weighted by Crippen LogP contribution is 2.26. The van der Waals surface area contributed by atoms with Gasteiger partial charge in [0.25, 0.3) is 5.91 Å². The average molecular weight is 306 g/mol. The molecule has 22 heavy (non-hydrogen) atoms. The van der Waals surface area contributed by atoms with Gasteiger partial charge in [-0.1, -0.05) is 0 Å². The Balaban J connectivity index is 1.98. The second kappa shape index (κ2) is 5.72. The van der Waals surface area contributed by atoms with Crippen molar-refractivity contribution in [1.82, 2.24) is 19.6 Å². The number of nitrogens with zero attached hydrogens (tertiary/aromatic N) is 4. The van der Waals surface area contributed by atoms with Crippen LogP contribution in [0.15, 0.2) is 0 Å². The molecule has 0 aliphatic carbocycles. The fourth-order valence-electron chi connectivity index (χ4n) is 3.20. The molecule has 7 heteroatoms. The Labute approximate surface area is 129 Å². The molecule has 0 saturated heterocycles. The summed E-state index contributed by atoms with van der Waals surface area (Å²) in [6.45, 7) is 4.58. The van der Waals surface area contributed by atoms with Crippen LogP contribution in [0.4, 0.5) is 0 Å². The number of hydrogen-bond acceptors (Lipinski definition) is 5. The SMILES string of the molecule is CCOC(=O)C1CN(C)C(=O)c2c3c(nn2C1)CCN(C)C3. The second-order valence-corrected chi connectivity index (χ2v) is 6.08. The molecule has 1 aromatic heterocycles. The monoisotopic (exact) mass is 306 g/mol. The quantitative estimate of drug-likeness (QED) is 0.727. The summed E-state index contributed by atoms with van der Waals surface area (Å²) in [6.07, 6.45) is 0.840. The highest BCUT2D eigenvalue weighted by Gasteiger charge is 2.35. The minimum absolute atomic E-state index is 0.0594. The maximum Gasteiger partial charge on any atom is 0.312 e. The molecule has 1 aromatic rings. The molecular formula is C15H22N4O3. The Kier molecular flexibility index (Phi) is 3.90. The first-order valence-corrected chi connectivity index (χ1v) is 7.70. The fraction of sp³-hybridized carbons (Fsp3) is 0.667. The van der Waals surface area contributed by atoms with Crippen LogP contribution in [0.2, 0.25) is 0 Å². The van der Waals surface area contributed by atoms with Crippen molar-refractivity contribution in [3.63, 3.8) is 0 Å². The molecule has 3 heterocycles. The van der Waals surface area contributed by atoms with E-state index in [-0.39, 0.29) is 17.8 Å². The molecule has 0 N–H and O–H groups in total. The third-order valence-electron chi connectivity index (χ3n) is 4.35. The van der Waals surface area contributed by atoms with Gasteiger partial charge in [-0.15, -0.1) is 0 Å². The summed E-state index contributed by atoms with van der Waals surface area (Å²) in [5.41, 5.74) is 2.63. The van der Waals surface area contributed by atoms with Gasteiger partial charge in [-0.05, 0) is 14.0 Å². The second-order valence-electron chi connectivity index (χ2n) is 6.08. The topological polar surface area (TPSA) is 67.7 Å². The van der Waals surface area contributed by atoms with Gasteiger partial charge in [0.1, 0.15) is 5.69 Å². The number of carbonyl (C=O) groups is 2. The summed E-state index contributed by atoms with van der Waals surface area (Å²) in [4.78, 5) is 28.6. The molecule has 2 aliphatic heterocycles. The third kappa shape index (κ3) is 2.49. The number of ether oxygens (including phenoxy) is 1. The third-order valence-corrected chi connectivity index (χ3v) is 4.35. The maximum atomic E-state index is 12.7. The van der Waals surface area contributed by atoms with Crippen LogP contribution in [0.1, 0.15) is 28.7 Å². The van der Waals surface area contributed by atoms with E-state index in [0.717, 1.165) is 30.8 Å². The van der Waals surface area contributed by atoms with E-state index in [1.165, 1.54) is 0 Å². The molecule has 120 valence electrons. The zero-order valence-electron chi connectivity index (χ0n) is 13.3. The number of amides is 1. The zero-order valence-corrected chi connectivity index (χ0v) is 13.3. The molecule has 3 rings (SSSR count). The number of likely N-dealkylation sites (N-methyl/N-ethyl adjacent to an activating group) is 1. The Hall–Kier alpha value is -1.89. The van der Waals surface area contributed by atoms with Gasteiger partial charge in [-0.2, -0.15) is 5.10 Å². The van der Waals surface area contributed by atoms with Crippen molar-refractivity contribution in [1.29, 1.82) is 0 Å². The van der Waals surface area contributed by atoms with Gasteiger partial charge < -0.3 is 14.5 Å². The van der Waals surface area contributed by atoms with Gasteiger partial charge >= 0.3 is 5.97 Å². The van der Waals surface area contributed by atoms with Crippen LogP contribution in [0.5, 0.6) is 0 Å². The van der Waals surface area contributed by atoms with E-state index in [0.29, 0.717) is 25.4 Å². The summed E-state index contributed by atoms with van der Waals surface area (Å²) in [7, 11) is 3.77. The van der Waals surface area contributed by atoms with Crippen LogP contribution in [0.25, 0.3) is 0 Å². The number of fused-ring (bicyclic) bond motifs is 3. The van der Waals surface area contributed by atoms with Crippen molar-refractivity contribution < 1.29 is 14.3 Å². The Morgan fingerprint density at radius 1 is 1.36 bits per heavy atom. The zero-order chi connectivity index (χ0) is 15.9. The van der Waals surface area contributed by atoms with Crippen LogP contribution < -0.4 is 0 Å². The molecule has 0 fully saturated rings. The van der Waals surface area contributed by atoms with E-state index < -0.39 is 0 Å². The van der Waals surface area contributed by atoms with Crippen molar-refractivity contribution >= 4 is 11.9 Å². The molecular weight excluding hydrogens is 284 g/mol. The van der Waals surface area contributed by atoms with Crippen LogP contribution in [0.3, 0.4) is 0 Å². The molecule has 1 amide bonds. The van der Waals surface area contributed by atoms with Gasteiger partial charge in [-0.3, -0.25) is 14.3 Å². The largest absolute Gasteiger partial charge is 0.466 e. The molecule has 0 bridgehead atoms. The van der Waals surface area contributed by atoms with E-state index in [1.54, 1.807) is 23.6 Å². The standard InChI is InChI=1S/C15H22N4O3/c1-4-22-15(21)10-7-18(3)14(20)13-11-9-17(2)6-5-12(11)16-19(13)8-10/h10H,4-9H2,1-3H3. The number of carbonyl (C=O) groups excluding carboxylic acids is 2. The molecule has 0 saturated carbocycles. The first-order chi connectivity index (χ1) is 10.5. The summed E-state index contributed by atoms with van der Waals surface area (Å²) in [6, 6.07) is 0. The molecule has 2 aliphatic rings. The van der Waals surface area contributed by atoms with Crippen molar-refractivity contribution in [2.75, 3.05) is 33.8 Å². The Morgan fingerprint density at radius 2 is 2.14 bits per heavy atom. The summed E-state index contributed by atoms with van der Waals surface area (Å²) >= 11 is 0. The van der Waals surface area contributed by atoms with Crippen LogP contribution in [-0.2, 0) is 29.0 Å². The number of rotatable bonds is 2. The highest BCUT2D eigenvalue weighted by atomic mass is 16.5. The van der Waals surface area contributed by atoms with Crippen LogP contribution in [-0.4, -0.2) is 65.2 Å². The van der Waals surface area contributed by atoms with Gasteiger partial charge in [-0.25, -0.2) is 0 Å². The number of aromatic nitrogens is 2. The Bertz CT molecular complexity index is 610. The van der Waals surface area contributed by atoms with Gasteiger partial charge in [0.2, 0.25) is 0 Å². The van der Waals surface area contributed by atoms with Crippen LogP contribution >= 0.6 is 0 Å². The minimum atomic E-state index is -0.366. The predicted octanol–water partition coefficient (Wildman–Crippen LogP) is 0.136. The normalized spacial score (nSPS) is 22.0. The van der Waals surface area contributed by atoms with E-state index in [1.807, 2.05) is 7.05 Å². The van der Waals surface area contributed by atoms with Crippen molar-refractivity contribution in [3.05, 3.63) is 17.0 Å². The van der Waals surface area contributed by atoms with E-state index in [4.69, 9.17) is 4.74 Å². The van der Waals surface area contributed by atoms with E-state index in [2.05, 4.69) is 10.00 Å². The van der Waals surface area contributed by atoms with Gasteiger partial charge in [0, 0.05) is 38.7 Å². The number of esters is 1. The average Bonchev–Trinajstić information content (AvgIpc) is 2.76. The maximum absolute atomic E-state index is 12.7. The fourth-order valence-corrected chi connectivity index (χ4v) is 3.20. The molecule has 0 aromatic carbocycles. The minimum Gasteiger partial charge on any atom is -0.466 e. The summed E-state index contributed by atoms with van der Waals surface area (Å²) < 4.78 is 6.85. The summed E-state index contributed by atoms with van der Waals surface area (Å²) in [5, 5.41) is 4.60. The van der Waals surface area contributed by atoms with E-state index >= 15 is 0 Å². The van der Waals surface area contributed by atoms with Gasteiger partial charge in [0.05, 0.1) is 24.8 Å². The first kappa shape index (κ1) is 15.0. The number of hydrogen-bond donors (Lipinski definition) is 0. The van der Waals surface area contributed by atoms with E-state index in [9.17, 15) is 9.59 Å². The van der Waals surface area contributed by atoms with Crippen molar-refractivity contribution in [2.24, 2.45) is 5.92 Å². The summed E-state index contributed by atoms with van der Waals surface area (Å²) in [5.74, 6) is -0.689. The smallest absolute Gasteiger partial charge is 0.312 e. The molecule has 7 nitrogen and oxygen atoms in total. The lowest BCUT2D eigenvalue weighted by atomic mass is 10.1. The lowest BCUT2D eigenvalue weighted by Gasteiger charge is -2.23. The lowest BCUT2D eigenvalue weighted by molar-refractivity contribution is -0.148. The first-order valence-electron chi connectivity index (χ1n) is 7.70. The lowest BCUT2D eigenvalue weighted by Crippen LogP contribution is -2.35. The van der Waals surface area contributed by atoms with Crippen molar-refractivity contribution in [2.45, 2.75) is 26.4 Å². The molecule has 0 spiro atoms. The Morgan fingerprint density at radius 3 is 2.86 bits per heavy atom.